The van der Waals surface area contributed by atoms with E-state index in [9.17, 15) is 12.3 Å². The lowest BCUT2D eigenvalue weighted by Crippen LogP contribution is -1.98. The monoisotopic (exact) mass is 290 g/mol. The van der Waals surface area contributed by atoms with E-state index in [0.29, 0.717) is 16.5 Å². The van der Waals surface area contributed by atoms with E-state index >= 15 is 0 Å². The Morgan fingerprint density at radius 3 is 2.72 bits per heavy atom. The lowest BCUT2D eigenvalue weighted by molar-refractivity contribution is 0.411. The Bertz CT molecular complexity index is 684. The minimum Gasteiger partial charge on any atom is -0.494 e. The van der Waals surface area contributed by atoms with E-state index in [2.05, 4.69) is 5.10 Å². The van der Waals surface area contributed by atoms with Gasteiger partial charge in [-0.1, -0.05) is 11.6 Å². The number of ether oxygens (including phenoxy) is 1. The summed E-state index contributed by atoms with van der Waals surface area (Å²) in [6.45, 7) is 0. The molecule has 0 atom stereocenters. The third-order valence-corrected chi connectivity index (χ3v) is 3.24. The summed E-state index contributed by atoms with van der Waals surface area (Å²) in [5, 5.41) is 4.18. The first kappa shape index (κ1) is 12.8. The Morgan fingerprint density at radius 2 is 2.17 bits per heavy atom. The molecule has 8 heteroatoms. The minimum absolute atomic E-state index is 0.417. The number of hydrogen-bond donors (Lipinski definition) is 0. The highest BCUT2D eigenvalue weighted by molar-refractivity contribution is 7.86. The van der Waals surface area contributed by atoms with E-state index in [4.69, 9.17) is 16.3 Å². The summed E-state index contributed by atoms with van der Waals surface area (Å²) in [4.78, 5) is -0.524. The molecule has 1 heterocycles. The van der Waals surface area contributed by atoms with Crippen molar-refractivity contribution < 1.29 is 17.0 Å². The number of halogens is 2. The zero-order valence-electron chi connectivity index (χ0n) is 9.17. The summed E-state index contributed by atoms with van der Waals surface area (Å²) >= 11 is 5.83. The fourth-order valence-electron chi connectivity index (χ4n) is 1.41. The molecule has 18 heavy (non-hydrogen) atoms. The number of rotatable bonds is 3. The van der Waals surface area contributed by atoms with Gasteiger partial charge in [-0.15, -0.1) is 3.89 Å². The Labute approximate surface area is 108 Å². The van der Waals surface area contributed by atoms with Gasteiger partial charge in [-0.25, -0.2) is 4.68 Å². The molecule has 0 aliphatic heterocycles. The number of benzene rings is 1. The third kappa shape index (κ3) is 2.46. The molecule has 2 aromatic rings. The number of aromatic nitrogens is 2. The van der Waals surface area contributed by atoms with Gasteiger partial charge >= 0.3 is 10.2 Å². The zero-order valence-corrected chi connectivity index (χ0v) is 10.7. The van der Waals surface area contributed by atoms with Crippen LogP contribution in [0.15, 0.2) is 35.5 Å². The van der Waals surface area contributed by atoms with Crippen molar-refractivity contribution in [3.05, 3.63) is 35.6 Å². The first-order chi connectivity index (χ1) is 8.41. The number of hydrogen-bond acceptors (Lipinski definition) is 4. The van der Waals surface area contributed by atoms with Crippen molar-refractivity contribution in [2.24, 2.45) is 0 Å². The predicted molar refractivity (Wildman–Crippen MR) is 63.4 cm³/mol. The average molecular weight is 291 g/mol. The van der Waals surface area contributed by atoms with Gasteiger partial charge in [0, 0.05) is 5.02 Å². The van der Waals surface area contributed by atoms with E-state index < -0.39 is 15.1 Å². The van der Waals surface area contributed by atoms with Crippen molar-refractivity contribution in [1.29, 1.82) is 0 Å². The SMILES string of the molecule is COc1ccc(Cl)cc1-n1cc(S(=O)(=O)F)cn1. The largest absolute Gasteiger partial charge is 0.494 e. The smallest absolute Gasteiger partial charge is 0.335 e. The molecule has 1 aromatic carbocycles. The Kier molecular flexibility index (Phi) is 3.27. The Balaban J connectivity index is 2.55. The number of nitrogens with zero attached hydrogens (tertiary/aromatic N) is 2. The quantitative estimate of drug-likeness (QED) is 0.813. The van der Waals surface area contributed by atoms with Crippen LogP contribution in [0.1, 0.15) is 0 Å². The molecule has 96 valence electrons. The molecule has 0 aliphatic rings. The second-order valence-corrected chi connectivity index (χ2v) is 5.16. The molecular weight excluding hydrogens is 283 g/mol. The molecule has 0 N–H and O–H groups in total. The van der Waals surface area contributed by atoms with Gasteiger partial charge in [0.15, 0.2) is 0 Å². The van der Waals surface area contributed by atoms with E-state index in [-0.39, 0.29) is 0 Å². The van der Waals surface area contributed by atoms with Crippen LogP contribution in [0.4, 0.5) is 3.89 Å². The topological polar surface area (TPSA) is 61.2 Å². The lowest BCUT2D eigenvalue weighted by Gasteiger charge is -2.08. The molecule has 5 nitrogen and oxygen atoms in total. The Hall–Kier alpha value is -1.60. The van der Waals surface area contributed by atoms with Crippen LogP contribution in [-0.2, 0) is 10.2 Å². The van der Waals surface area contributed by atoms with E-state index in [0.717, 1.165) is 12.4 Å². The van der Waals surface area contributed by atoms with E-state index in [1.807, 2.05) is 0 Å². The minimum atomic E-state index is -4.78. The van der Waals surface area contributed by atoms with Crippen molar-refractivity contribution in [3.63, 3.8) is 0 Å². The molecule has 0 saturated carbocycles. The molecule has 0 spiro atoms. The molecule has 0 bridgehead atoms. The van der Waals surface area contributed by atoms with Crippen LogP contribution >= 0.6 is 11.6 Å². The molecule has 0 fully saturated rings. The average Bonchev–Trinajstić information content (AvgIpc) is 2.77. The maximum atomic E-state index is 12.8. The van der Waals surface area contributed by atoms with E-state index in [1.54, 1.807) is 12.1 Å². The molecule has 0 unspecified atom stereocenters. The van der Waals surface area contributed by atoms with Crippen LogP contribution in [-0.4, -0.2) is 25.3 Å². The van der Waals surface area contributed by atoms with Gasteiger partial charge < -0.3 is 4.74 Å². The first-order valence-electron chi connectivity index (χ1n) is 4.75. The highest BCUT2D eigenvalue weighted by Crippen LogP contribution is 2.26. The second-order valence-electron chi connectivity index (χ2n) is 3.37. The van der Waals surface area contributed by atoms with Crippen LogP contribution in [0.3, 0.4) is 0 Å². The number of methoxy groups -OCH3 is 1. The Morgan fingerprint density at radius 1 is 1.44 bits per heavy atom. The van der Waals surface area contributed by atoms with Gasteiger partial charge in [0.1, 0.15) is 16.3 Å². The summed E-state index contributed by atoms with van der Waals surface area (Å²) in [5.74, 6) is 0.435. The fourth-order valence-corrected chi connectivity index (χ4v) is 1.97. The van der Waals surface area contributed by atoms with Crippen molar-refractivity contribution in [2.75, 3.05) is 7.11 Å². The summed E-state index contributed by atoms with van der Waals surface area (Å²) in [5.41, 5.74) is 0.417. The van der Waals surface area contributed by atoms with Gasteiger partial charge in [0.05, 0.1) is 19.5 Å². The molecule has 0 aliphatic carbocycles. The molecule has 0 radical (unpaired) electrons. The summed E-state index contributed by atoms with van der Waals surface area (Å²) in [7, 11) is -3.33. The van der Waals surface area contributed by atoms with Crippen molar-refractivity contribution >= 4 is 21.8 Å². The molecule has 2 rings (SSSR count). The normalized spacial score (nSPS) is 11.5. The van der Waals surface area contributed by atoms with Gasteiger partial charge in [0.25, 0.3) is 0 Å². The van der Waals surface area contributed by atoms with Crippen LogP contribution in [0.2, 0.25) is 5.02 Å². The fraction of sp³-hybridized carbons (Fsp3) is 0.100. The van der Waals surface area contributed by atoms with Gasteiger partial charge in [-0.2, -0.15) is 13.5 Å². The summed E-state index contributed by atoms with van der Waals surface area (Å²) in [6.07, 6.45) is 1.96. The van der Waals surface area contributed by atoms with Crippen molar-refractivity contribution in [2.45, 2.75) is 4.90 Å². The van der Waals surface area contributed by atoms with Crippen LogP contribution < -0.4 is 4.74 Å². The molecule has 1 aromatic heterocycles. The highest BCUT2D eigenvalue weighted by atomic mass is 35.5. The van der Waals surface area contributed by atoms with Crippen molar-refractivity contribution in [1.82, 2.24) is 9.78 Å². The van der Waals surface area contributed by atoms with Gasteiger partial charge in [-0.05, 0) is 18.2 Å². The third-order valence-electron chi connectivity index (χ3n) is 2.23. The van der Waals surface area contributed by atoms with Crippen molar-refractivity contribution in [3.8, 4) is 11.4 Å². The maximum Gasteiger partial charge on any atom is 0.335 e. The molecular formula is C10H8ClFN2O3S. The van der Waals surface area contributed by atoms with Gasteiger partial charge in [0.2, 0.25) is 0 Å². The summed E-state index contributed by atoms with van der Waals surface area (Å²) in [6, 6.07) is 4.74. The van der Waals surface area contributed by atoms with Crippen LogP contribution in [0.25, 0.3) is 5.69 Å². The second kappa shape index (κ2) is 4.58. The summed E-state index contributed by atoms with van der Waals surface area (Å²) < 4.78 is 40.5. The van der Waals surface area contributed by atoms with Crippen LogP contribution in [0, 0.1) is 0 Å². The first-order valence-corrected chi connectivity index (χ1v) is 6.51. The van der Waals surface area contributed by atoms with E-state index in [1.165, 1.54) is 17.9 Å². The standard InChI is InChI=1S/C10H8ClFN2O3S/c1-17-10-3-2-7(11)4-9(10)14-6-8(5-13-14)18(12,15)16/h2-6H,1H3. The highest BCUT2D eigenvalue weighted by Gasteiger charge is 2.16. The predicted octanol–water partition coefficient (Wildman–Crippen LogP) is 2.19. The lowest BCUT2D eigenvalue weighted by atomic mass is 10.3. The van der Waals surface area contributed by atoms with Gasteiger partial charge in [-0.3, -0.25) is 0 Å². The maximum absolute atomic E-state index is 12.8. The molecule has 0 saturated heterocycles. The molecule has 0 amide bonds. The zero-order chi connectivity index (χ0) is 13.3. The van der Waals surface area contributed by atoms with Crippen LogP contribution in [0.5, 0.6) is 5.75 Å².